The minimum absolute atomic E-state index is 0.0912. The molecule has 1 aromatic rings. The van der Waals surface area contributed by atoms with Gasteiger partial charge in [-0.05, 0) is 17.7 Å². The molecule has 15 heavy (non-hydrogen) atoms. The number of aliphatic hydroxyl groups excluding tert-OH is 1. The third-order valence-corrected chi connectivity index (χ3v) is 1.74. The standard InChI is InChI=1S/C9H8F4O2/c10-5-15-8-2-1-6(4-14)3-7(8)9(11,12)13/h1-3,14H,4-5H2. The van der Waals surface area contributed by atoms with Crippen LogP contribution in [0.3, 0.4) is 0 Å². The van der Waals surface area contributed by atoms with Crippen molar-refractivity contribution in [2.45, 2.75) is 12.8 Å². The Labute approximate surface area is 83.1 Å². The van der Waals surface area contributed by atoms with Gasteiger partial charge in [-0.25, -0.2) is 4.39 Å². The van der Waals surface area contributed by atoms with Gasteiger partial charge in [0.25, 0.3) is 0 Å². The molecule has 0 aliphatic rings. The van der Waals surface area contributed by atoms with E-state index in [1.54, 1.807) is 0 Å². The van der Waals surface area contributed by atoms with Gasteiger partial charge in [0.2, 0.25) is 6.86 Å². The lowest BCUT2D eigenvalue weighted by Gasteiger charge is -2.13. The van der Waals surface area contributed by atoms with E-state index in [-0.39, 0.29) is 5.56 Å². The Bertz CT molecular complexity index is 335. The van der Waals surface area contributed by atoms with Crippen LogP contribution in [-0.2, 0) is 12.8 Å². The van der Waals surface area contributed by atoms with E-state index in [1.165, 1.54) is 6.07 Å². The van der Waals surface area contributed by atoms with E-state index in [0.29, 0.717) is 0 Å². The van der Waals surface area contributed by atoms with Crippen molar-refractivity contribution in [2.24, 2.45) is 0 Å². The molecule has 6 heteroatoms. The second-order valence-corrected chi connectivity index (χ2v) is 2.74. The molecule has 0 amide bonds. The van der Waals surface area contributed by atoms with Crippen LogP contribution < -0.4 is 4.74 Å². The average molecular weight is 224 g/mol. The molecule has 0 saturated heterocycles. The molecule has 0 atom stereocenters. The summed E-state index contributed by atoms with van der Waals surface area (Å²) in [5, 5.41) is 8.67. The Morgan fingerprint density at radius 3 is 2.40 bits per heavy atom. The van der Waals surface area contributed by atoms with Gasteiger partial charge in [0.15, 0.2) is 0 Å². The SMILES string of the molecule is OCc1ccc(OCF)c(C(F)(F)F)c1. The maximum Gasteiger partial charge on any atom is 0.419 e. The number of benzene rings is 1. The topological polar surface area (TPSA) is 29.5 Å². The van der Waals surface area contributed by atoms with Crippen LogP contribution in [0.4, 0.5) is 17.6 Å². The Morgan fingerprint density at radius 1 is 1.27 bits per heavy atom. The normalized spacial score (nSPS) is 11.5. The molecule has 0 bridgehead atoms. The van der Waals surface area contributed by atoms with Gasteiger partial charge in [-0.1, -0.05) is 6.07 Å². The molecule has 0 spiro atoms. The van der Waals surface area contributed by atoms with Crippen LogP contribution in [0, 0.1) is 0 Å². The molecule has 84 valence electrons. The molecule has 0 fully saturated rings. The highest BCUT2D eigenvalue weighted by Crippen LogP contribution is 2.36. The summed E-state index contributed by atoms with van der Waals surface area (Å²) in [6, 6.07) is 2.94. The van der Waals surface area contributed by atoms with Crippen LogP contribution in [0.5, 0.6) is 5.75 Å². The van der Waals surface area contributed by atoms with E-state index in [2.05, 4.69) is 4.74 Å². The first-order valence-electron chi connectivity index (χ1n) is 3.98. The van der Waals surface area contributed by atoms with Crippen molar-refractivity contribution in [3.8, 4) is 5.75 Å². The lowest BCUT2D eigenvalue weighted by atomic mass is 10.1. The lowest BCUT2D eigenvalue weighted by Crippen LogP contribution is -2.09. The monoisotopic (exact) mass is 224 g/mol. The maximum atomic E-state index is 12.4. The Hall–Kier alpha value is -1.30. The molecule has 0 aromatic heterocycles. The van der Waals surface area contributed by atoms with Gasteiger partial charge in [0, 0.05) is 0 Å². The predicted molar refractivity (Wildman–Crippen MR) is 44.0 cm³/mol. The number of ether oxygens (including phenoxy) is 1. The highest BCUT2D eigenvalue weighted by Gasteiger charge is 2.34. The van der Waals surface area contributed by atoms with Gasteiger partial charge in [0.05, 0.1) is 12.2 Å². The van der Waals surface area contributed by atoms with Crippen molar-refractivity contribution in [1.82, 2.24) is 0 Å². The van der Waals surface area contributed by atoms with Gasteiger partial charge in [-0.3, -0.25) is 0 Å². The fraction of sp³-hybridized carbons (Fsp3) is 0.333. The number of hydrogen-bond acceptors (Lipinski definition) is 2. The van der Waals surface area contributed by atoms with E-state index >= 15 is 0 Å². The third kappa shape index (κ3) is 2.82. The molecule has 2 nitrogen and oxygen atoms in total. The molecule has 0 saturated carbocycles. The zero-order valence-corrected chi connectivity index (χ0v) is 7.51. The van der Waals surface area contributed by atoms with Gasteiger partial charge in [-0.2, -0.15) is 13.2 Å². The molecule has 0 radical (unpaired) electrons. The summed E-state index contributed by atoms with van der Waals surface area (Å²) in [7, 11) is 0. The first-order valence-corrected chi connectivity index (χ1v) is 3.98. The van der Waals surface area contributed by atoms with Crippen LogP contribution >= 0.6 is 0 Å². The predicted octanol–water partition coefficient (Wildman–Crippen LogP) is 2.50. The summed E-state index contributed by atoms with van der Waals surface area (Å²) >= 11 is 0. The average Bonchev–Trinajstić information content (AvgIpc) is 2.17. The maximum absolute atomic E-state index is 12.4. The Kier molecular flexibility index (Phi) is 3.52. The summed E-state index contributed by atoms with van der Waals surface area (Å²) in [5.41, 5.74) is -1.000. The summed E-state index contributed by atoms with van der Waals surface area (Å²) in [5.74, 6) is -0.581. The van der Waals surface area contributed by atoms with Crippen LogP contribution in [-0.4, -0.2) is 12.0 Å². The van der Waals surface area contributed by atoms with Gasteiger partial charge < -0.3 is 9.84 Å². The largest absolute Gasteiger partial charge is 0.462 e. The molecule has 0 unspecified atom stereocenters. The van der Waals surface area contributed by atoms with E-state index < -0.39 is 31.0 Å². The minimum Gasteiger partial charge on any atom is -0.462 e. The first-order chi connectivity index (χ1) is 6.99. The van der Waals surface area contributed by atoms with Crippen molar-refractivity contribution < 1.29 is 27.4 Å². The summed E-state index contributed by atoms with van der Waals surface area (Å²) in [6.45, 7) is -1.85. The van der Waals surface area contributed by atoms with Crippen LogP contribution in [0.25, 0.3) is 0 Å². The Morgan fingerprint density at radius 2 is 1.93 bits per heavy atom. The second kappa shape index (κ2) is 4.48. The van der Waals surface area contributed by atoms with Crippen LogP contribution in [0.2, 0.25) is 0 Å². The molecule has 0 aliphatic heterocycles. The molecular formula is C9H8F4O2. The number of aliphatic hydroxyl groups is 1. The van der Waals surface area contributed by atoms with Gasteiger partial charge >= 0.3 is 6.18 Å². The first kappa shape index (κ1) is 11.8. The van der Waals surface area contributed by atoms with Crippen molar-refractivity contribution in [2.75, 3.05) is 6.86 Å². The fourth-order valence-electron chi connectivity index (χ4n) is 1.08. The molecule has 1 N–H and O–H groups in total. The summed E-state index contributed by atoms with van der Waals surface area (Å²) in [6.07, 6.45) is -4.63. The third-order valence-electron chi connectivity index (χ3n) is 1.74. The highest BCUT2D eigenvalue weighted by molar-refractivity contribution is 5.39. The molecule has 1 aromatic carbocycles. The molecule has 0 aliphatic carbocycles. The van der Waals surface area contributed by atoms with E-state index in [9.17, 15) is 17.6 Å². The van der Waals surface area contributed by atoms with Crippen molar-refractivity contribution in [3.05, 3.63) is 29.3 Å². The van der Waals surface area contributed by atoms with E-state index in [4.69, 9.17) is 5.11 Å². The number of halogens is 4. The number of hydrogen-bond donors (Lipinski definition) is 1. The summed E-state index contributed by atoms with van der Waals surface area (Å²) < 4.78 is 53.2. The number of rotatable bonds is 3. The van der Waals surface area contributed by atoms with E-state index in [0.717, 1.165) is 12.1 Å². The fourth-order valence-corrected chi connectivity index (χ4v) is 1.08. The Balaban J connectivity index is 3.16. The van der Waals surface area contributed by atoms with Crippen LogP contribution in [0.1, 0.15) is 11.1 Å². The number of alkyl halides is 4. The summed E-state index contributed by atoms with van der Waals surface area (Å²) in [4.78, 5) is 0. The highest BCUT2D eigenvalue weighted by atomic mass is 19.4. The van der Waals surface area contributed by atoms with E-state index in [1.807, 2.05) is 0 Å². The molecular weight excluding hydrogens is 216 g/mol. The zero-order valence-electron chi connectivity index (χ0n) is 7.51. The van der Waals surface area contributed by atoms with Gasteiger partial charge in [0.1, 0.15) is 5.75 Å². The van der Waals surface area contributed by atoms with Crippen molar-refractivity contribution >= 4 is 0 Å². The lowest BCUT2D eigenvalue weighted by molar-refractivity contribution is -0.139. The van der Waals surface area contributed by atoms with Crippen molar-refractivity contribution in [1.29, 1.82) is 0 Å². The van der Waals surface area contributed by atoms with Gasteiger partial charge in [-0.15, -0.1) is 0 Å². The second-order valence-electron chi connectivity index (χ2n) is 2.74. The quantitative estimate of drug-likeness (QED) is 0.799. The smallest absolute Gasteiger partial charge is 0.419 e. The zero-order chi connectivity index (χ0) is 11.5. The molecule has 0 heterocycles. The van der Waals surface area contributed by atoms with Crippen molar-refractivity contribution in [3.63, 3.8) is 0 Å². The minimum atomic E-state index is -4.63. The molecule has 1 rings (SSSR count). The van der Waals surface area contributed by atoms with Crippen LogP contribution in [0.15, 0.2) is 18.2 Å².